The average molecular weight is 438 g/mol. The fourth-order valence-electron chi connectivity index (χ4n) is 3.36. The maximum atomic E-state index is 14.0. The number of phenols is 1. The molecule has 0 aliphatic carbocycles. The molecule has 5 aromatic carbocycles. The van der Waals surface area contributed by atoms with Gasteiger partial charge in [0.2, 0.25) is 0 Å². The maximum Gasteiger partial charge on any atom is 0.306 e. The van der Waals surface area contributed by atoms with E-state index in [-0.39, 0.29) is 5.75 Å². The van der Waals surface area contributed by atoms with E-state index in [1.807, 2.05) is 121 Å². The lowest BCUT2D eigenvalue weighted by Gasteiger charge is -2.21. The average Bonchev–Trinajstić information content (AvgIpc) is 2.88. The summed E-state index contributed by atoms with van der Waals surface area (Å²) in [6.45, 7) is 0. The van der Waals surface area contributed by atoms with Crippen LogP contribution in [0.1, 0.15) is 0 Å². The van der Waals surface area contributed by atoms with Crippen molar-refractivity contribution in [3.63, 3.8) is 0 Å². The lowest BCUT2D eigenvalue weighted by Crippen LogP contribution is -2.20. The molecule has 0 heterocycles. The minimum atomic E-state index is -3.35. The van der Waals surface area contributed by atoms with Gasteiger partial charge >= 0.3 is 7.37 Å². The third kappa shape index (κ3) is 4.74. The largest absolute Gasteiger partial charge is 0.507 e. The lowest BCUT2D eigenvalue weighted by atomic mass is 10.1. The fourth-order valence-corrected chi connectivity index (χ4v) is 5.44. The van der Waals surface area contributed by atoms with Crippen molar-refractivity contribution < 1.29 is 14.2 Å². The molecule has 0 saturated carbocycles. The van der Waals surface area contributed by atoms with Crippen LogP contribution in [0, 0.1) is 0 Å². The Bertz CT molecular complexity index is 1250. The third-order valence-corrected chi connectivity index (χ3v) is 7.36. The molecule has 0 aromatic heterocycles. The van der Waals surface area contributed by atoms with Crippen molar-refractivity contribution in [3.8, 4) is 11.5 Å². The van der Waals surface area contributed by atoms with Crippen molar-refractivity contribution in [3.05, 3.63) is 133 Å². The molecule has 3 nitrogen and oxygen atoms in total. The van der Waals surface area contributed by atoms with E-state index in [9.17, 15) is 9.67 Å². The maximum absolute atomic E-state index is 14.0. The summed E-state index contributed by atoms with van der Waals surface area (Å²) in [5.41, 5.74) is 0. The number of phenolic OH excluding ortho intramolecular Hbond substituents is 1. The van der Waals surface area contributed by atoms with E-state index in [2.05, 4.69) is 0 Å². The molecule has 1 N–H and O–H groups in total. The van der Waals surface area contributed by atoms with Crippen molar-refractivity contribution in [1.29, 1.82) is 0 Å². The molecule has 158 valence electrons. The Morgan fingerprint density at radius 3 is 1.41 bits per heavy atom. The van der Waals surface area contributed by atoms with Crippen LogP contribution in [0.4, 0.5) is 0 Å². The molecular weight excluding hydrogens is 415 g/mol. The van der Waals surface area contributed by atoms with Crippen molar-refractivity contribution >= 4 is 28.8 Å². The van der Waals surface area contributed by atoms with E-state index in [1.165, 1.54) is 0 Å². The second kappa shape index (κ2) is 10.00. The molecule has 0 amide bonds. The Kier molecular flexibility index (Phi) is 6.69. The Balaban J connectivity index is 0.000000354. The second-order valence-electron chi connectivity index (χ2n) is 7.10. The van der Waals surface area contributed by atoms with Crippen LogP contribution in [0.25, 0.3) is 10.8 Å². The van der Waals surface area contributed by atoms with Crippen LogP contribution in [0.3, 0.4) is 0 Å². The minimum absolute atomic E-state index is 0.169. The predicted octanol–water partition coefficient (Wildman–Crippen LogP) is 6.54. The first-order valence-corrected chi connectivity index (χ1v) is 11.9. The summed E-state index contributed by atoms with van der Waals surface area (Å²) >= 11 is 0. The van der Waals surface area contributed by atoms with Gasteiger partial charge in [-0.3, -0.25) is 4.57 Å². The van der Waals surface area contributed by atoms with Crippen LogP contribution < -0.4 is 15.1 Å². The van der Waals surface area contributed by atoms with Crippen LogP contribution in [-0.2, 0) is 4.57 Å². The molecule has 0 spiro atoms. The first-order chi connectivity index (χ1) is 15.7. The van der Waals surface area contributed by atoms with Crippen LogP contribution in [0.15, 0.2) is 133 Å². The molecule has 0 fully saturated rings. The van der Waals surface area contributed by atoms with Crippen molar-refractivity contribution in [2.24, 2.45) is 0 Å². The lowest BCUT2D eigenvalue weighted by molar-refractivity contribution is 0.479. The van der Waals surface area contributed by atoms with Crippen LogP contribution in [0.2, 0.25) is 0 Å². The Labute approximate surface area is 188 Å². The van der Waals surface area contributed by atoms with E-state index in [0.29, 0.717) is 21.7 Å². The second-order valence-corrected chi connectivity index (χ2v) is 9.42. The van der Waals surface area contributed by atoms with Gasteiger partial charge in [0, 0.05) is 10.8 Å². The number of hydrogen-bond acceptors (Lipinski definition) is 3. The molecule has 0 aliphatic rings. The van der Waals surface area contributed by atoms with E-state index in [0.717, 1.165) is 5.39 Å². The van der Waals surface area contributed by atoms with Gasteiger partial charge in [-0.1, -0.05) is 97.1 Å². The summed E-state index contributed by atoms with van der Waals surface area (Å²) < 4.78 is 20.2. The highest BCUT2D eigenvalue weighted by molar-refractivity contribution is 7.74. The summed E-state index contributed by atoms with van der Waals surface area (Å²) in [5.74, 6) is 0.650. The monoisotopic (exact) mass is 438 g/mol. The first-order valence-electron chi connectivity index (χ1n) is 10.3. The quantitative estimate of drug-likeness (QED) is 0.324. The van der Waals surface area contributed by atoms with Gasteiger partial charge in [0.05, 0.1) is 10.6 Å². The molecule has 0 radical (unpaired) electrons. The van der Waals surface area contributed by atoms with E-state index in [1.54, 1.807) is 12.1 Å². The highest BCUT2D eigenvalue weighted by Gasteiger charge is 2.30. The zero-order valence-corrected chi connectivity index (χ0v) is 18.3. The number of aromatic hydroxyl groups is 1. The van der Waals surface area contributed by atoms with Gasteiger partial charge in [-0.2, -0.15) is 0 Å². The fraction of sp³-hybridized carbons (Fsp3) is 0. The van der Waals surface area contributed by atoms with Gasteiger partial charge in [-0.15, -0.1) is 0 Å². The highest BCUT2D eigenvalue weighted by atomic mass is 31.2. The van der Waals surface area contributed by atoms with Crippen LogP contribution in [-0.4, -0.2) is 5.11 Å². The SMILES string of the molecule is O=P(Oc1ccc(O)c2ccccc12)(c1ccccc1)c1ccccc1.c1ccccc1. The number of rotatable bonds is 4. The Morgan fingerprint density at radius 2 is 0.906 bits per heavy atom. The predicted molar refractivity (Wildman–Crippen MR) is 132 cm³/mol. The third-order valence-electron chi connectivity index (χ3n) is 4.95. The van der Waals surface area contributed by atoms with Gasteiger partial charge in [0.1, 0.15) is 11.5 Å². The summed E-state index contributed by atoms with van der Waals surface area (Å²) in [5, 5.41) is 12.7. The normalized spacial score (nSPS) is 10.8. The van der Waals surface area contributed by atoms with Gasteiger partial charge in [-0.05, 0) is 36.4 Å². The van der Waals surface area contributed by atoms with Crippen LogP contribution >= 0.6 is 7.37 Å². The zero-order chi connectivity index (χ0) is 22.2. The topological polar surface area (TPSA) is 46.5 Å². The number of fused-ring (bicyclic) bond motifs is 1. The summed E-state index contributed by atoms with van der Waals surface area (Å²) in [4.78, 5) is 0. The smallest absolute Gasteiger partial charge is 0.306 e. The molecule has 0 bridgehead atoms. The Morgan fingerprint density at radius 1 is 0.500 bits per heavy atom. The highest BCUT2D eigenvalue weighted by Crippen LogP contribution is 2.47. The molecule has 32 heavy (non-hydrogen) atoms. The molecule has 5 rings (SSSR count). The molecule has 0 atom stereocenters. The van der Waals surface area contributed by atoms with Crippen molar-refractivity contribution in [2.75, 3.05) is 0 Å². The van der Waals surface area contributed by atoms with Crippen molar-refractivity contribution in [2.45, 2.75) is 0 Å². The molecule has 0 unspecified atom stereocenters. The van der Waals surface area contributed by atoms with E-state index in [4.69, 9.17) is 4.52 Å². The van der Waals surface area contributed by atoms with E-state index < -0.39 is 7.37 Å². The standard InChI is InChI=1S/C22H17O3P.C6H6/c23-21-15-16-22(20-14-8-7-13-19(20)21)25-26(24,17-9-3-1-4-10-17)18-11-5-2-6-12-18;1-2-4-6-5-3-1/h1-16,23H;1-6H. The molecule has 0 aliphatic heterocycles. The van der Waals surface area contributed by atoms with Gasteiger partial charge in [0.15, 0.2) is 0 Å². The molecule has 4 heteroatoms. The minimum Gasteiger partial charge on any atom is -0.507 e. The van der Waals surface area contributed by atoms with Gasteiger partial charge < -0.3 is 9.63 Å². The summed E-state index contributed by atoms with van der Waals surface area (Å²) in [6.07, 6.45) is 0. The number of benzene rings is 5. The summed E-state index contributed by atoms with van der Waals surface area (Å²) in [6, 6.07) is 41.0. The van der Waals surface area contributed by atoms with Gasteiger partial charge in [-0.25, -0.2) is 0 Å². The molecule has 0 saturated heterocycles. The van der Waals surface area contributed by atoms with Crippen LogP contribution in [0.5, 0.6) is 11.5 Å². The first kappa shape index (κ1) is 21.4. The number of hydrogen-bond donors (Lipinski definition) is 1. The zero-order valence-electron chi connectivity index (χ0n) is 17.4. The van der Waals surface area contributed by atoms with Crippen molar-refractivity contribution in [1.82, 2.24) is 0 Å². The van der Waals surface area contributed by atoms with E-state index >= 15 is 0 Å². The van der Waals surface area contributed by atoms with Gasteiger partial charge in [0.25, 0.3) is 0 Å². The molecule has 5 aromatic rings. The summed E-state index contributed by atoms with van der Waals surface area (Å²) in [7, 11) is -3.35. The molecular formula is C28H23O3P. The Hall–Kier alpha value is -3.81.